The van der Waals surface area contributed by atoms with Crippen LogP contribution in [0.25, 0.3) is 0 Å². The highest BCUT2D eigenvalue weighted by atomic mass is 32.2. The van der Waals surface area contributed by atoms with Crippen molar-refractivity contribution in [1.29, 1.82) is 5.26 Å². The SMILES string of the molecule is C=CC(=O)N1C[C@@H](NS(=O)(=O)c2ccccc2C#N)[C@H](OCc2cccc(C(F)(F)F)c2)C1. The van der Waals surface area contributed by atoms with Gasteiger partial charge in [0.2, 0.25) is 15.9 Å². The number of sulfonamides is 1. The predicted octanol–water partition coefficient (Wildman–Crippen LogP) is 2.84. The molecule has 1 amide bonds. The van der Waals surface area contributed by atoms with E-state index in [0.29, 0.717) is 0 Å². The summed E-state index contributed by atoms with van der Waals surface area (Å²) in [5, 5.41) is 9.22. The second kappa shape index (κ2) is 9.74. The van der Waals surface area contributed by atoms with Crippen molar-refractivity contribution in [2.24, 2.45) is 0 Å². The number of hydrogen-bond donors (Lipinski definition) is 1. The summed E-state index contributed by atoms with van der Waals surface area (Å²) in [4.78, 5) is 13.2. The van der Waals surface area contributed by atoms with Crippen molar-refractivity contribution in [2.45, 2.75) is 29.8 Å². The van der Waals surface area contributed by atoms with Gasteiger partial charge in [0.15, 0.2) is 0 Å². The maximum atomic E-state index is 13.0. The first-order chi connectivity index (χ1) is 15.5. The molecule has 174 valence electrons. The van der Waals surface area contributed by atoms with Crippen molar-refractivity contribution >= 4 is 15.9 Å². The van der Waals surface area contributed by atoms with Crippen molar-refractivity contribution in [2.75, 3.05) is 13.1 Å². The first kappa shape index (κ1) is 24.4. The Morgan fingerprint density at radius 3 is 2.64 bits per heavy atom. The minimum atomic E-state index is -4.51. The van der Waals surface area contributed by atoms with Crippen LogP contribution < -0.4 is 4.72 Å². The molecule has 2 aromatic rings. The van der Waals surface area contributed by atoms with E-state index in [1.807, 2.05) is 6.07 Å². The Morgan fingerprint density at radius 1 is 1.24 bits per heavy atom. The lowest BCUT2D eigenvalue weighted by Gasteiger charge is -2.20. The maximum absolute atomic E-state index is 13.0. The van der Waals surface area contributed by atoms with Crippen LogP contribution in [0.15, 0.2) is 66.1 Å². The molecule has 11 heteroatoms. The lowest BCUT2D eigenvalue weighted by molar-refractivity contribution is -0.137. The topological polar surface area (TPSA) is 99.5 Å². The summed E-state index contributed by atoms with van der Waals surface area (Å²) in [5.74, 6) is -0.443. The van der Waals surface area contributed by atoms with Gasteiger partial charge in [0.1, 0.15) is 6.07 Å². The van der Waals surface area contributed by atoms with Gasteiger partial charge in [-0.3, -0.25) is 4.79 Å². The Balaban J connectivity index is 1.81. The Morgan fingerprint density at radius 2 is 1.97 bits per heavy atom. The summed E-state index contributed by atoms with van der Waals surface area (Å²) < 4.78 is 73.0. The zero-order valence-electron chi connectivity index (χ0n) is 17.2. The van der Waals surface area contributed by atoms with Gasteiger partial charge in [0.05, 0.1) is 34.8 Å². The maximum Gasteiger partial charge on any atom is 0.416 e. The van der Waals surface area contributed by atoms with Gasteiger partial charge in [-0.25, -0.2) is 13.1 Å². The molecule has 1 heterocycles. The van der Waals surface area contributed by atoms with Crippen LogP contribution in [0.2, 0.25) is 0 Å². The van der Waals surface area contributed by atoms with Gasteiger partial charge in [0.25, 0.3) is 0 Å². The Hall–Kier alpha value is -3.20. The number of halogens is 3. The molecule has 33 heavy (non-hydrogen) atoms. The number of nitriles is 1. The molecule has 0 unspecified atom stereocenters. The molecule has 1 aliphatic rings. The standard InChI is InChI=1S/C22H20F3N3O4S/c1-2-21(29)28-12-18(27-33(30,31)20-9-4-3-7-16(20)11-26)19(13-28)32-14-15-6-5-8-17(10-15)22(23,24)25/h2-10,18-19,27H,1,12-14H2/t18-,19-/m1/s1. The van der Waals surface area contributed by atoms with E-state index in [0.717, 1.165) is 18.2 Å². The lowest BCUT2D eigenvalue weighted by Crippen LogP contribution is -2.44. The molecule has 1 fully saturated rings. The third-order valence-electron chi connectivity index (χ3n) is 5.07. The lowest BCUT2D eigenvalue weighted by atomic mass is 10.1. The van der Waals surface area contributed by atoms with E-state index >= 15 is 0 Å². The zero-order valence-corrected chi connectivity index (χ0v) is 18.1. The van der Waals surface area contributed by atoms with Gasteiger partial charge in [-0.1, -0.05) is 30.8 Å². The highest BCUT2D eigenvalue weighted by Crippen LogP contribution is 2.30. The van der Waals surface area contributed by atoms with E-state index < -0.39 is 39.8 Å². The summed E-state index contributed by atoms with van der Waals surface area (Å²) in [6.07, 6.45) is -4.28. The molecule has 0 aromatic heterocycles. The van der Waals surface area contributed by atoms with Gasteiger partial charge < -0.3 is 9.64 Å². The number of rotatable bonds is 7. The van der Waals surface area contributed by atoms with E-state index in [2.05, 4.69) is 11.3 Å². The first-order valence-corrected chi connectivity index (χ1v) is 11.2. The average Bonchev–Trinajstić information content (AvgIpc) is 3.18. The molecule has 0 aliphatic carbocycles. The number of ether oxygens (including phenoxy) is 1. The molecule has 2 atom stereocenters. The molecule has 2 aromatic carbocycles. The second-order valence-corrected chi connectivity index (χ2v) is 9.01. The quantitative estimate of drug-likeness (QED) is 0.616. The van der Waals surface area contributed by atoms with Crippen molar-refractivity contribution in [3.63, 3.8) is 0 Å². The van der Waals surface area contributed by atoms with Gasteiger partial charge in [-0.2, -0.15) is 18.4 Å². The fraction of sp³-hybridized carbons (Fsp3) is 0.273. The zero-order chi connectivity index (χ0) is 24.2. The highest BCUT2D eigenvalue weighted by molar-refractivity contribution is 7.89. The summed E-state index contributed by atoms with van der Waals surface area (Å²) in [6.45, 7) is 3.16. The normalized spacial score (nSPS) is 18.7. The fourth-order valence-corrected chi connectivity index (χ4v) is 4.87. The van der Waals surface area contributed by atoms with Crippen LogP contribution >= 0.6 is 0 Å². The van der Waals surface area contributed by atoms with Gasteiger partial charge in [-0.05, 0) is 35.9 Å². The molecule has 1 aliphatic heterocycles. The Kier molecular flexibility index (Phi) is 7.22. The molecule has 0 spiro atoms. The Bertz CT molecular complexity index is 1190. The third-order valence-corrected chi connectivity index (χ3v) is 6.62. The molecule has 0 radical (unpaired) electrons. The predicted molar refractivity (Wildman–Crippen MR) is 112 cm³/mol. The summed E-state index contributed by atoms with van der Waals surface area (Å²) in [6, 6.07) is 11.2. The van der Waals surface area contributed by atoms with Crippen LogP contribution in [-0.4, -0.2) is 44.5 Å². The largest absolute Gasteiger partial charge is 0.416 e. The molecular formula is C22H20F3N3O4S. The van der Waals surface area contributed by atoms with Gasteiger partial charge in [0, 0.05) is 13.1 Å². The average molecular weight is 479 g/mol. The summed E-state index contributed by atoms with van der Waals surface area (Å²) in [5.41, 5.74) is -0.637. The summed E-state index contributed by atoms with van der Waals surface area (Å²) >= 11 is 0. The molecule has 7 nitrogen and oxygen atoms in total. The second-order valence-electron chi connectivity index (χ2n) is 7.33. The van der Waals surface area contributed by atoms with E-state index in [4.69, 9.17) is 4.74 Å². The number of carbonyl (C=O) groups is 1. The van der Waals surface area contributed by atoms with Crippen LogP contribution in [0, 0.1) is 11.3 Å². The molecule has 3 rings (SSSR count). The summed E-state index contributed by atoms with van der Waals surface area (Å²) in [7, 11) is -4.15. The number of nitrogens with one attached hydrogen (secondary N) is 1. The van der Waals surface area contributed by atoms with Crippen LogP contribution in [0.5, 0.6) is 0 Å². The minimum absolute atomic E-state index is 0.0108. The fourth-order valence-electron chi connectivity index (χ4n) is 3.46. The number of amides is 1. The van der Waals surface area contributed by atoms with Crippen LogP contribution in [0.3, 0.4) is 0 Å². The molecule has 0 saturated carbocycles. The van der Waals surface area contributed by atoms with Crippen molar-refractivity contribution in [1.82, 2.24) is 9.62 Å². The number of hydrogen-bond acceptors (Lipinski definition) is 5. The molecular weight excluding hydrogens is 459 g/mol. The molecule has 1 N–H and O–H groups in total. The number of likely N-dealkylation sites (tertiary alicyclic amines) is 1. The number of carbonyl (C=O) groups excluding carboxylic acids is 1. The first-order valence-electron chi connectivity index (χ1n) is 9.75. The van der Waals surface area contributed by atoms with E-state index in [-0.39, 0.29) is 35.7 Å². The smallest absolute Gasteiger partial charge is 0.370 e. The number of benzene rings is 2. The van der Waals surface area contributed by atoms with Crippen LogP contribution in [0.1, 0.15) is 16.7 Å². The van der Waals surface area contributed by atoms with E-state index in [1.165, 1.54) is 41.3 Å². The highest BCUT2D eigenvalue weighted by Gasteiger charge is 2.38. The van der Waals surface area contributed by atoms with Gasteiger partial charge in [-0.15, -0.1) is 0 Å². The van der Waals surface area contributed by atoms with Crippen molar-refractivity contribution in [3.8, 4) is 6.07 Å². The van der Waals surface area contributed by atoms with Crippen LogP contribution in [0.4, 0.5) is 13.2 Å². The number of nitrogens with zero attached hydrogens (tertiary/aromatic N) is 2. The van der Waals surface area contributed by atoms with E-state index in [1.54, 1.807) is 0 Å². The third kappa shape index (κ3) is 5.78. The van der Waals surface area contributed by atoms with Crippen LogP contribution in [-0.2, 0) is 32.3 Å². The monoisotopic (exact) mass is 479 g/mol. The van der Waals surface area contributed by atoms with Gasteiger partial charge >= 0.3 is 6.18 Å². The Labute approximate surface area is 189 Å². The minimum Gasteiger partial charge on any atom is -0.370 e. The number of alkyl halides is 3. The molecule has 1 saturated heterocycles. The van der Waals surface area contributed by atoms with Crippen molar-refractivity contribution in [3.05, 3.63) is 77.9 Å². The van der Waals surface area contributed by atoms with Crippen molar-refractivity contribution < 1.29 is 31.1 Å². The van der Waals surface area contributed by atoms with E-state index in [9.17, 15) is 31.6 Å². The molecule has 0 bridgehead atoms.